The second kappa shape index (κ2) is 8.86. The zero-order chi connectivity index (χ0) is 17.4. The highest BCUT2D eigenvalue weighted by atomic mass is 16.4. The minimum atomic E-state index is -1.08. The van der Waals surface area contributed by atoms with Crippen molar-refractivity contribution in [1.29, 1.82) is 0 Å². The molecule has 1 aromatic carbocycles. The molecule has 2 rings (SSSR count). The lowest BCUT2D eigenvalue weighted by molar-refractivity contribution is -0.312. The van der Waals surface area contributed by atoms with Crippen LogP contribution in [0.2, 0.25) is 0 Å². The molecule has 0 saturated heterocycles. The Bertz CT molecular complexity index is 667. The number of carboxylic acid groups (broad SMARTS) is 1. The normalized spacial score (nSPS) is 11.9. The average Bonchev–Trinajstić information content (AvgIpc) is 3.04. The lowest BCUT2D eigenvalue weighted by Gasteiger charge is -2.17. The van der Waals surface area contributed by atoms with E-state index in [1.54, 1.807) is 16.9 Å². The van der Waals surface area contributed by atoms with E-state index in [0.29, 0.717) is 12.2 Å². The molecule has 0 bridgehead atoms. The fourth-order valence-electron chi connectivity index (χ4n) is 2.46. The number of nitrogens with zero attached hydrogens (tertiary/aromatic N) is 2. The number of carbonyl (C=O) groups excluding carboxylic acids is 2. The van der Waals surface area contributed by atoms with Gasteiger partial charge in [-0.25, -0.2) is 4.68 Å². The highest BCUT2D eigenvalue weighted by Gasteiger charge is 2.13. The van der Waals surface area contributed by atoms with Gasteiger partial charge in [-0.15, -0.1) is 0 Å². The molecule has 1 N–H and O–H groups in total. The topological polar surface area (TPSA) is 87.0 Å². The summed E-state index contributed by atoms with van der Waals surface area (Å²) in [6.07, 6.45) is 4.48. The number of amides is 1. The van der Waals surface area contributed by atoms with E-state index in [9.17, 15) is 14.7 Å². The molecule has 6 nitrogen and oxygen atoms in total. The molecule has 1 atom stereocenters. The number of anilines is 1. The van der Waals surface area contributed by atoms with Crippen LogP contribution >= 0.6 is 0 Å². The van der Waals surface area contributed by atoms with Gasteiger partial charge in [0.1, 0.15) is 0 Å². The number of para-hydroxylation sites is 1. The van der Waals surface area contributed by atoms with Crippen LogP contribution in [-0.2, 0) is 9.59 Å². The van der Waals surface area contributed by atoms with Gasteiger partial charge in [0.05, 0.1) is 5.69 Å². The Morgan fingerprint density at radius 2 is 1.96 bits per heavy atom. The van der Waals surface area contributed by atoms with Crippen molar-refractivity contribution in [2.24, 2.45) is 5.92 Å². The van der Waals surface area contributed by atoms with Crippen LogP contribution in [0.25, 0.3) is 5.69 Å². The van der Waals surface area contributed by atoms with Crippen molar-refractivity contribution in [2.75, 3.05) is 5.32 Å². The van der Waals surface area contributed by atoms with Crippen LogP contribution in [0.3, 0.4) is 0 Å². The first-order valence-corrected chi connectivity index (χ1v) is 8.22. The van der Waals surface area contributed by atoms with Gasteiger partial charge in [0.15, 0.2) is 5.82 Å². The maximum absolute atomic E-state index is 12.0. The summed E-state index contributed by atoms with van der Waals surface area (Å²) >= 11 is 0. The quantitative estimate of drug-likeness (QED) is 0.764. The summed E-state index contributed by atoms with van der Waals surface area (Å²) in [5.74, 6) is -1.44. The molecular formula is C18H22N3O3-. The van der Waals surface area contributed by atoms with Crippen LogP contribution < -0.4 is 10.4 Å². The van der Waals surface area contributed by atoms with E-state index in [1.807, 2.05) is 37.3 Å². The van der Waals surface area contributed by atoms with Crippen molar-refractivity contribution in [3.63, 3.8) is 0 Å². The van der Waals surface area contributed by atoms with Crippen LogP contribution in [0.1, 0.15) is 39.0 Å². The van der Waals surface area contributed by atoms with Gasteiger partial charge in [0.25, 0.3) is 0 Å². The maximum Gasteiger partial charge on any atom is 0.225 e. The first kappa shape index (κ1) is 17.7. The molecule has 6 heteroatoms. The molecule has 0 aliphatic rings. The molecule has 0 aliphatic heterocycles. The first-order valence-electron chi connectivity index (χ1n) is 8.22. The van der Waals surface area contributed by atoms with Gasteiger partial charge >= 0.3 is 0 Å². The smallest absolute Gasteiger partial charge is 0.225 e. The van der Waals surface area contributed by atoms with E-state index in [4.69, 9.17) is 0 Å². The summed E-state index contributed by atoms with van der Waals surface area (Å²) < 4.78 is 1.67. The molecule has 2 aromatic rings. The molecule has 128 valence electrons. The highest BCUT2D eigenvalue weighted by molar-refractivity contribution is 5.89. The molecule has 1 heterocycles. The highest BCUT2D eigenvalue weighted by Crippen LogP contribution is 2.15. The molecule has 0 fully saturated rings. The molecule has 1 amide bonds. The molecular weight excluding hydrogens is 306 g/mol. The second-order valence-corrected chi connectivity index (χ2v) is 5.73. The van der Waals surface area contributed by atoms with Gasteiger partial charge in [0, 0.05) is 24.7 Å². The molecule has 0 saturated carbocycles. The Kier molecular flexibility index (Phi) is 6.54. The molecule has 24 heavy (non-hydrogen) atoms. The van der Waals surface area contributed by atoms with Crippen molar-refractivity contribution in [3.8, 4) is 5.69 Å². The molecule has 0 unspecified atom stereocenters. The number of unbranched alkanes of at least 4 members (excludes halogenated alkanes) is 1. The van der Waals surface area contributed by atoms with Crippen LogP contribution in [0, 0.1) is 5.92 Å². The van der Waals surface area contributed by atoms with Gasteiger partial charge in [-0.3, -0.25) is 4.79 Å². The van der Waals surface area contributed by atoms with Gasteiger partial charge < -0.3 is 15.2 Å². The monoisotopic (exact) mass is 328 g/mol. The van der Waals surface area contributed by atoms with Gasteiger partial charge in [-0.1, -0.05) is 38.0 Å². The fourth-order valence-corrected chi connectivity index (χ4v) is 2.46. The first-order chi connectivity index (χ1) is 11.6. The lowest BCUT2D eigenvalue weighted by Crippen LogP contribution is -2.32. The minimum absolute atomic E-state index is 0.139. The predicted octanol–water partition coefficient (Wildman–Crippen LogP) is 2.15. The second-order valence-electron chi connectivity index (χ2n) is 5.73. The van der Waals surface area contributed by atoms with Gasteiger partial charge in [-0.05, 0) is 30.9 Å². The molecule has 0 aliphatic carbocycles. The average molecular weight is 328 g/mol. The summed E-state index contributed by atoms with van der Waals surface area (Å²) in [6.45, 7) is 2.00. The Hall–Kier alpha value is -2.63. The lowest BCUT2D eigenvalue weighted by atomic mass is 9.97. The third kappa shape index (κ3) is 5.22. The van der Waals surface area contributed by atoms with Crippen molar-refractivity contribution in [2.45, 2.75) is 39.0 Å². The van der Waals surface area contributed by atoms with Crippen LogP contribution in [-0.4, -0.2) is 21.7 Å². The third-order valence-electron chi connectivity index (χ3n) is 3.84. The number of carbonyl (C=O) groups is 2. The molecule has 0 radical (unpaired) electrons. The molecule has 0 spiro atoms. The minimum Gasteiger partial charge on any atom is -0.550 e. The number of aromatic nitrogens is 2. The third-order valence-corrected chi connectivity index (χ3v) is 3.84. The Morgan fingerprint density at radius 1 is 1.21 bits per heavy atom. The number of benzene rings is 1. The number of carboxylic acids is 1. The van der Waals surface area contributed by atoms with E-state index >= 15 is 0 Å². The zero-order valence-electron chi connectivity index (χ0n) is 13.8. The van der Waals surface area contributed by atoms with Crippen molar-refractivity contribution < 1.29 is 14.7 Å². The van der Waals surface area contributed by atoms with E-state index in [2.05, 4.69) is 10.4 Å². The van der Waals surface area contributed by atoms with E-state index < -0.39 is 11.9 Å². The Balaban J connectivity index is 1.86. The van der Waals surface area contributed by atoms with Crippen LogP contribution in [0.4, 0.5) is 5.82 Å². The SMILES string of the molecule is CCCC[C@H](CCC(=O)Nc1ccn(-c2ccccc2)n1)C(=O)[O-]. The summed E-state index contributed by atoms with van der Waals surface area (Å²) in [4.78, 5) is 23.1. The summed E-state index contributed by atoms with van der Waals surface area (Å²) in [5, 5.41) is 18.1. The number of nitrogens with one attached hydrogen (secondary N) is 1. The number of rotatable bonds is 9. The van der Waals surface area contributed by atoms with Crippen LogP contribution in [0.5, 0.6) is 0 Å². The fraction of sp³-hybridized carbons (Fsp3) is 0.389. The van der Waals surface area contributed by atoms with E-state index in [0.717, 1.165) is 18.5 Å². The standard InChI is InChI=1S/C18H23N3O3/c1-2-3-7-14(18(23)24)10-11-17(22)19-16-12-13-21(20-16)15-8-5-4-6-9-15/h4-6,8-9,12-14H,2-3,7,10-11H2,1H3,(H,23,24)(H,19,20,22)/p-1/t14-/m1/s1. The van der Waals surface area contributed by atoms with Crippen molar-refractivity contribution in [3.05, 3.63) is 42.6 Å². The summed E-state index contributed by atoms with van der Waals surface area (Å²) in [6, 6.07) is 11.3. The van der Waals surface area contributed by atoms with Crippen molar-refractivity contribution in [1.82, 2.24) is 9.78 Å². The maximum atomic E-state index is 12.0. The number of hydrogen-bond donors (Lipinski definition) is 1. The van der Waals surface area contributed by atoms with Crippen molar-refractivity contribution >= 4 is 17.7 Å². The van der Waals surface area contributed by atoms with E-state index in [-0.39, 0.29) is 18.7 Å². The Labute approximate surface area is 141 Å². The van der Waals surface area contributed by atoms with Gasteiger partial charge in [-0.2, -0.15) is 5.10 Å². The zero-order valence-corrected chi connectivity index (χ0v) is 13.8. The number of aliphatic carboxylic acids is 1. The summed E-state index contributed by atoms with van der Waals surface area (Å²) in [7, 11) is 0. The number of hydrogen-bond acceptors (Lipinski definition) is 4. The Morgan fingerprint density at radius 3 is 2.62 bits per heavy atom. The van der Waals surface area contributed by atoms with E-state index in [1.165, 1.54) is 0 Å². The van der Waals surface area contributed by atoms with Crippen LogP contribution in [0.15, 0.2) is 42.6 Å². The largest absolute Gasteiger partial charge is 0.550 e. The van der Waals surface area contributed by atoms with Gasteiger partial charge in [0.2, 0.25) is 5.91 Å². The molecule has 1 aromatic heterocycles. The predicted molar refractivity (Wildman–Crippen MR) is 89.4 cm³/mol. The summed E-state index contributed by atoms with van der Waals surface area (Å²) in [5.41, 5.74) is 0.898.